The Bertz CT molecular complexity index is 438. The number of rotatable bonds is 1. The molecule has 2 rings (SSSR count). The Labute approximate surface area is 81.5 Å². The molecule has 0 aliphatic carbocycles. The Morgan fingerprint density at radius 3 is 3.08 bits per heavy atom. The number of carbonyl (C=O) groups is 1. The monoisotopic (exact) mass is 241 g/mol. The summed E-state index contributed by atoms with van der Waals surface area (Å²) in [6, 6.07) is 5.79. The first-order valence-electron chi connectivity index (χ1n) is 3.31. The van der Waals surface area contributed by atoms with Crippen LogP contribution in [0.2, 0.25) is 0 Å². The molecule has 0 aliphatic heterocycles. The van der Waals surface area contributed by atoms with E-state index in [9.17, 15) is 4.79 Å². The van der Waals surface area contributed by atoms with Gasteiger partial charge in [-0.25, -0.2) is 0 Å². The highest BCUT2D eigenvalue weighted by Crippen LogP contribution is 2.24. The Morgan fingerprint density at radius 1 is 1.50 bits per heavy atom. The molecule has 2 aromatic rings. The van der Waals surface area contributed by atoms with Crippen LogP contribution in [-0.2, 0) is 0 Å². The van der Waals surface area contributed by atoms with E-state index in [1.807, 2.05) is 18.2 Å². The van der Waals surface area contributed by atoms with E-state index in [0.29, 0.717) is 5.69 Å². The fourth-order valence-corrected chi connectivity index (χ4v) is 2.10. The average Bonchev–Trinajstić information content (AvgIpc) is 2.46. The molecule has 0 spiro atoms. The highest BCUT2D eigenvalue weighted by Gasteiger charge is 2.04. The molecule has 1 heterocycles. The number of aromatic nitrogens is 1. The molecule has 0 saturated heterocycles. The standard InChI is InChI=1S/C8H4BrNOS/c9-5-1-2-8-6(3-5)7(4-11)10-12-8/h1-4H. The lowest BCUT2D eigenvalue weighted by molar-refractivity contribution is 0.112. The van der Waals surface area contributed by atoms with Crippen LogP contribution < -0.4 is 0 Å². The van der Waals surface area contributed by atoms with Crippen molar-refractivity contribution < 1.29 is 4.79 Å². The van der Waals surface area contributed by atoms with Gasteiger partial charge in [-0.1, -0.05) is 15.9 Å². The van der Waals surface area contributed by atoms with Crippen molar-refractivity contribution in [2.24, 2.45) is 0 Å². The van der Waals surface area contributed by atoms with E-state index in [0.717, 1.165) is 20.8 Å². The van der Waals surface area contributed by atoms with Crippen LogP contribution in [0.3, 0.4) is 0 Å². The smallest absolute Gasteiger partial charge is 0.170 e. The van der Waals surface area contributed by atoms with E-state index >= 15 is 0 Å². The summed E-state index contributed by atoms with van der Waals surface area (Å²) in [6.45, 7) is 0. The van der Waals surface area contributed by atoms with Gasteiger partial charge in [-0.05, 0) is 29.7 Å². The summed E-state index contributed by atoms with van der Waals surface area (Å²) >= 11 is 4.69. The summed E-state index contributed by atoms with van der Waals surface area (Å²) in [5, 5.41) is 0.921. The van der Waals surface area contributed by atoms with Gasteiger partial charge in [0.25, 0.3) is 0 Å². The molecule has 0 unspecified atom stereocenters. The van der Waals surface area contributed by atoms with E-state index in [1.165, 1.54) is 11.5 Å². The Kier molecular flexibility index (Phi) is 1.94. The number of halogens is 1. The molecule has 12 heavy (non-hydrogen) atoms. The maximum atomic E-state index is 10.5. The molecule has 1 aromatic carbocycles. The molecule has 0 N–H and O–H groups in total. The van der Waals surface area contributed by atoms with Gasteiger partial charge in [0.2, 0.25) is 0 Å². The van der Waals surface area contributed by atoms with Gasteiger partial charge in [-0.15, -0.1) is 0 Å². The second-order valence-corrected chi connectivity index (χ2v) is 4.05. The molecular formula is C8H4BrNOS. The number of benzene rings is 1. The van der Waals surface area contributed by atoms with Crippen LogP contribution in [-0.4, -0.2) is 10.7 Å². The van der Waals surface area contributed by atoms with Gasteiger partial charge in [0.15, 0.2) is 6.29 Å². The highest BCUT2D eigenvalue weighted by atomic mass is 79.9. The zero-order chi connectivity index (χ0) is 8.55. The van der Waals surface area contributed by atoms with Crippen LogP contribution in [0.1, 0.15) is 10.5 Å². The van der Waals surface area contributed by atoms with Crippen molar-refractivity contribution in [1.29, 1.82) is 0 Å². The molecule has 0 amide bonds. The molecular weight excluding hydrogens is 238 g/mol. The van der Waals surface area contributed by atoms with Crippen molar-refractivity contribution in [1.82, 2.24) is 4.37 Å². The maximum Gasteiger partial charge on any atom is 0.170 e. The summed E-state index contributed by atoms with van der Waals surface area (Å²) in [6.07, 6.45) is 0.783. The molecule has 2 nitrogen and oxygen atoms in total. The number of hydrogen-bond acceptors (Lipinski definition) is 3. The summed E-state index contributed by atoms with van der Waals surface area (Å²) < 4.78 is 6.02. The topological polar surface area (TPSA) is 30.0 Å². The van der Waals surface area contributed by atoms with Crippen LogP contribution in [0.25, 0.3) is 10.1 Å². The highest BCUT2D eigenvalue weighted by molar-refractivity contribution is 9.10. The van der Waals surface area contributed by atoms with Gasteiger partial charge < -0.3 is 0 Å². The van der Waals surface area contributed by atoms with E-state index in [1.54, 1.807) is 0 Å². The second-order valence-electron chi connectivity index (χ2n) is 2.33. The van der Waals surface area contributed by atoms with Crippen molar-refractivity contribution in [3.8, 4) is 0 Å². The van der Waals surface area contributed by atoms with Crippen molar-refractivity contribution >= 4 is 43.8 Å². The third-order valence-electron chi connectivity index (χ3n) is 1.57. The van der Waals surface area contributed by atoms with Gasteiger partial charge in [0.1, 0.15) is 5.69 Å². The van der Waals surface area contributed by atoms with Crippen molar-refractivity contribution in [3.63, 3.8) is 0 Å². The minimum Gasteiger partial charge on any atom is -0.296 e. The molecule has 1 aromatic heterocycles. The molecule has 60 valence electrons. The molecule has 0 aliphatic rings. The summed E-state index contributed by atoms with van der Waals surface area (Å²) in [5.41, 5.74) is 0.524. The molecule has 0 radical (unpaired) electrons. The fourth-order valence-electron chi connectivity index (χ4n) is 1.01. The van der Waals surface area contributed by atoms with E-state index < -0.39 is 0 Å². The first-order chi connectivity index (χ1) is 5.81. The predicted octanol–water partition coefficient (Wildman–Crippen LogP) is 2.87. The fraction of sp³-hybridized carbons (Fsp3) is 0. The largest absolute Gasteiger partial charge is 0.296 e. The minimum absolute atomic E-state index is 0.524. The number of aldehydes is 1. The lowest BCUT2D eigenvalue weighted by Crippen LogP contribution is -1.77. The first-order valence-corrected chi connectivity index (χ1v) is 4.88. The van der Waals surface area contributed by atoms with E-state index in [-0.39, 0.29) is 0 Å². The number of fused-ring (bicyclic) bond motifs is 1. The van der Waals surface area contributed by atoms with Crippen LogP contribution in [0.5, 0.6) is 0 Å². The summed E-state index contributed by atoms with van der Waals surface area (Å²) in [7, 11) is 0. The minimum atomic E-state index is 0.524. The van der Waals surface area contributed by atoms with Gasteiger partial charge in [0, 0.05) is 9.86 Å². The first kappa shape index (κ1) is 7.89. The average molecular weight is 242 g/mol. The molecule has 0 fully saturated rings. The molecule has 0 saturated carbocycles. The van der Waals surface area contributed by atoms with Crippen molar-refractivity contribution in [3.05, 3.63) is 28.4 Å². The van der Waals surface area contributed by atoms with Crippen LogP contribution >= 0.6 is 27.5 Å². The second kappa shape index (κ2) is 2.95. The molecule has 0 atom stereocenters. The Balaban J connectivity index is 2.83. The van der Waals surface area contributed by atoms with Crippen LogP contribution in [0, 0.1) is 0 Å². The molecule has 0 bridgehead atoms. The SMILES string of the molecule is O=Cc1nsc2ccc(Br)cc12. The van der Waals surface area contributed by atoms with Crippen LogP contribution in [0.4, 0.5) is 0 Å². The van der Waals surface area contributed by atoms with Gasteiger partial charge in [-0.2, -0.15) is 4.37 Å². The Hall–Kier alpha value is -0.740. The normalized spacial score (nSPS) is 10.4. The van der Waals surface area contributed by atoms with Gasteiger partial charge in [0.05, 0.1) is 4.70 Å². The van der Waals surface area contributed by atoms with E-state index in [2.05, 4.69) is 20.3 Å². The number of nitrogens with zero attached hydrogens (tertiary/aromatic N) is 1. The molecule has 4 heteroatoms. The quantitative estimate of drug-likeness (QED) is 0.719. The zero-order valence-electron chi connectivity index (χ0n) is 5.95. The van der Waals surface area contributed by atoms with Crippen LogP contribution in [0.15, 0.2) is 22.7 Å². The summed E-state index contributed by atoms with van der Waals surface area (Å²) in [4.78, 5) is 10.5. The van der Waals surface area contributed by atoms with Gasteiger partial charge >= 0.3 is 0 Å². The third-order valence-corrected chi connectivity index (χ3v) is 2.91. The number of carbonyl (C=O) groups excluding carboxylic acids is 1. The lowest BCUT2D eigenvalue weighted by atomic mass is 10.2. The Morgan fingerprint density at radius 2 is 2.33 bits per heavy atom. The zero-order valence-corrected chi connectivity index (χ0v) is 8.35. The third kappa shape index (κ3) is 1.17. The predicted molar refractivity (Wildman–Crippen MR) is 52.7 cm³/mol. The lowest BCUT2D eigenvalue weighted by Gasteiger charge is -1.89. The van der Waals surface area contributed by atoms with Crippen molar-refractivity contribution in [2.75, 3.05) is 0 Å². The van der Waals surface area contributed by atoms with E-state index in [4.69, 9.17) is 0 Å². The van der Waals surface area contributed by atoms with Gasteiger partial charge in [-0.3, -0.25) is 4.79 Å². The summed E-state index contributed by atoms with van der Waals surface area (Å²) in [5.74, 6) is 0. The maximum absolute atomic E-state index is 10.5. The van der Waals surface area contributed by atoms with Crippen molar-refractivity contribution in [2.45, 2.75) is 0 Å². The number of hydrogen-bond donors (Lipinski definition) is 0.